The maximum atomic E-state index is 6.03. The Balaban J connectivity index is 2.76. The second-order valence-corrected chi connectivity index (χ2v) is 4.50. The van der Waals surface area contributed by atoms with Crippen LogP contribution in [0.5, 0.6) is 5.75 Å². The van der Waals surface area contributed by atoms with E-state index in [1.54, 1.807) is 25.3 Å². The maximum absolute atomic E-state index is 6.03. The third-order valence-corrected chi connectivity index (χ3v) is 2.39. The molecule has 1 aromatic carbocycles. The van der Waals surface area contributed by atoms with Gasteiger partial charge in [0.1, 0.15) is 5.75 Å². The van der Waals surface area contributed by atoms with Crippen LogP contribution in [-0.2, 0) is 0 Å². The normalized spacial score (nSPS) is 11.7. The Morgan fingerprint density at radius 1 is 1.53 bits per heavy atom. The second kappa shape index (κ2) is 6.35. The van der Waals surface area contributed by atoms with Crippen molar-refractivity contribution < 1.29 is 4.74 Å². The van der Waals surface area contributed by atoms with Gasteiger partial charge in [-0.25, -0.2) is 0 Å². The number of hydrogen-bond acceptors (Lipinski definition) is 2. The van der Waals surface area contributed by atoms with Crippen LogP contribution in [0.25, 0.3) is 0 Å². The van der Waals surface area contributed by atoms with Crippen molar-refractivity contribution in [2.75, 3.05) is 19.0 Å². The maximum Gasteiger partial charge on any atom is 0.193 e. The first-order chi connectivity index (χ1) is 8.02. The van der Waals surface area contributed by atoms with Crippen LogP contribution in [0.3, 0.4) is 0 Å². The number of methoxy groups -OCH3 is 1. The highest BCUT2D eigenvalue weighted by atomic mass is 35.5. The molecule has 0 unspecified atom stereocenters. The fourth-order valence-corrected chi connectivity index (χ4v) is 1.35. The molecule has 3 N–H and O–H groups in total. The molecule has 0 heterocycles. The average Bonchev–Trinajstić information content (AvgIpc) is 2.29. The Hall–Kier alpha value is -1.42. The van der Waals surface area contributed by atoms with E-state index in [1.165, 1.54) is 0 Å². The molecular formula is C12H18ClN3O. The Bertz CT molecular complexity index is 405. The molecule has 1 rings (SSSR count). The first-order valence-electron chi connectivity index (χ1n) is 5.43. The number of rotatable bonds is 4. The monoisotopic (exact) mass is 255 g/mol. The van der Waals surface area contributed by atoms with E-state index < -0.39 is 0 Å². The Morgan fingerprint density at radius 3 is 2.82 bits per heavy atom. The number of anilines is 1. The van der Waals surface area contributed by atoms with Crippen molar-refractivity contribution in [2.24, 2.45) is 16.6 Å². The zero-order chi connectivity index (χ0) is 12.8. The molecule has 94 valence electrons. The van der Waals surface area contributed by atoms with Crippen LogP contribution >= 0.6 is 11.6 Å². The predicted molar refractivity (Wildman–Crippen MR) is 73.0 cm³/mol. The fourth-order valence-electron chi connectivity index (χ4n) is 1.19. The van der Waals surface area contributed by atoms with Crippen molar-refractivity contribution in [3.63, 3.8) is 0 Å². The van der Waals surface area contributed by atoms with E-state index in [2.05, 4.69) is 24.2 Å². The number of halogens is 1. The molecule has 0 aliphatic heterocycles. The number of hydrogen-bond donors (Lipinski definition) is 2. The molecule has 4 nitrogen and oxygen atoms in total. The lowest BCUT2D eigenvalue weighted by atomic mass is 10.2. The zero-order valence-electron chi connectivity index (χ0n) is 10.3. The second-order valence-electron chi connectivity index (χ2n) is 4.09. The molecule has 0 spiro atoms. The minimum atomic E-state index is 0.355. The molecule has 1 aromatic rings. The average molecular weight is 256 g/mol. The summed E-state index contributed by atoms with van der Waals surface area (Å²) in [5.41, 5.74) is 6.44. The van der Waals surface area contributed by atoms with Crippen molar-refractivity contribution in [1.29, 1.82) is 0 Å². The summed E-state index contributed by atoms with van der Waals surface area (Å²) >= 11 is 6.03. The van der Waals surface area contributed by atoms with Crippen LogP contribution in [0, 0.1) is 5.92 Å². The van der Waals surface area contributed by atoms with Crippen LogP contribution in [0.2, 0.25) is 5.02 Å². The van der Waals surface area contributed by atoms with Crippen LogP contribution < -0.4 is 15.8 Å². The summed E-state index contributed by atoms with van der Waals surface area (Å²) in [5, 5.41) is 3.53. The summed E-state index contributed by atoms with van der Waals surface area (Å²) in [4.78, 5) is 4.20. The number of aliphatic imine (C=N–C) groups is 1. The highest BCUT2D eigenvalue weighted by Crippen LogP contribution is 2.26. The van der Waals surface area contributed by atoms with E-state index in [0.29, 0.717) is 34.9 Å². The van der Waals surface area contributed by atoms with E-state index >= 15 is 0 Å². The van der Waals surface area contributed by atoms with Gasteiger partial charge in [-0.3, -0.25) is 4.99 Å². The summed E-state index contributed by atoms with van der Waals surface area (Å²) in [7, 11) is 1.60. The topological polar surface area (TPSA) is 59.6 Å². The van der Waals surface area contributed by atoms with Crippen LogP contribution in [-0.4, -0.2) is 19.6 Å². The van der Waals surface area contributed by atoms with E-state index in [9.17, 15) is 0 Å². The van der Waals surface area contributed by atoms with Crippen molar-refractivity contribution in [3.05, 3.63) is 23.2 Å². The smallest absolute Gasteiger partial charge is 0.193 e. The van der Waals surface area contributed by atoms with Crippen molar-refractivity contribution in [2.45, 2.75) is 13.8 Å². The van der Waals surface area contributed by atoms with Crippen LogP contribution in [0.1, 0.15) is 13.8 Å². The molecule has 0 atom stereocenters. The SMILES string of the molecule is COc1ccc(Cl)c(NC(N)=NCC(C)C)c1. The van der Waals surface area contributed by atoms with Gasteiger partial charge in [-0.2, -0.15) is 0 Å². The van der Waals surface area contributed by atoms with Crippen molar-refractivity contribution >= 4 is 23.2 Å². The quantitative estimate of drug-likeness (QED) is 0.642. The third-order valence-electron chi connectivity index (χ3n) is 2.06. The summed E-state index contributed by atoms with van der Waals surface area (Å²) in [6, 6.07) is 5.31. The van der Waals surface area contributed by atoms with Gasteiger partial charge >= 0.3 is 0 Å². The first kappa shape index (κ1) is 13.6. The highest BCUT2D eigenvalue weighted by molar-refractivity contribution is 6.33. The molecule has 0 bridgehead atoms. The van der Waals surface area contributed by atoms with E-state index in [1.807, 2.05) is 0 Å². The molecule has 0 aromatic heterocycles. The lowest BCUT2D eigenvalue weighted by molar-refractivity contribution is 0.415. The van der Waals surface area contributed by atoms with Gasteiger partial charge in [0.25, 0.3) is 0 Å². The summed E-state index contributed by atoms with van der Waals surface area (Å²) < 4.78 is 5.11. The Labute approximate surface area is 107 Å². The first-order valence-corrected chi connectivity index (χ1v) is 5.81. The fraction of sp³-hybridized carbons (Fsp3) is 0.417. The summed E-state index contributed by atoms with van der Waals surface area (Å²) in [5.74, 6) is 1.54. The molecule has 0 aliphatic carbocycles. The minimum Gasteiger partial charge on any atom is -0.497 e. The van der Waals surface area contributed by atoms with Crippen molar-refractivity contribution in [1.82, 2.24) is 0 Å². The number of nitrogens with zero attached hydrogens (tertiary/aromatic N) is 1. The minimum absolute atomic E-state index is 0.355. The number of ether oxygens (including phenoxy) is 1. The van der Waals surface area contributed by atoms with Gasteiger partial charge in [0.05, 0.1) is 17.8 Å². The van der Waals surface area contributed by atoms with E-state index in [0.717, 1.165) is 0 Å². The number of nitrogens with two attached hydrogens (primary N) is 1. The summed E-state index contributed by atoms with van der Waals surface area (Å²) in [6.07, 6.45) is 0. The predicted octanol–water partition coefficient (Wildman–Crippen LogP) is 2.73. The highest BCUT2D eigenvalue weighted by Gasteiger charge is 2.03. The van der Waals surface area contributed by atoms with E-state index in [-0.39, 0.29) is 0 Å². The Kier molecular flexibility index (Phi) is 5.10. The largest absolute Gasteiger partial charge is 0.497 e. The number of nitrogens with one attached hydrogen (secondary N) is 1. The third kappa shape index (κ3) is 4.53. The van der Waals surface area contributed by atoms with Crippen LogP contribution in [0.15, 0.2) is 23.2 Å². The summed E-state index contributed by atoms with van der Waals surface area (Å²) in [6.45, 7) is 4.84. The molecule has 0 amide bonds. The van der Waals surface area contributed by atoms with Gasteiger partial charge in [-0.05, 0) is 18.1 Å². The molecule has 0 fully saturated rings. The lowest BCUT2D eigenvalue weighted by Gasteiger charge is -2.10. The van der Waals surface area contributed by atoms with Gasteiger partial charge in [0.15, 0.2) is 5.96 Å². The molecule has 5 heteroatoms. The molecule has 0 aliphatic rings. The zero-order valence-corrected chi connectivity index (χ0v) is 11.1. The van der Waals surface area contributed by atoms with Gasteiger partial charge in [-0.1, -0.05) is 25.4 Å². The molecule has 17 heavy (non-hydrogen) atoms. The number of guanidine groups is 1. The van der Waals surface area contributed by atoms with Crippen LogP contribution in [0.4, 0.5) is 5.69 Å². The van der Waals surface area contributed by atoms with Gasteiger partial charge < -0.3 is 15.8 Å². The van der Waals surface area contributed by atoms with E-state index in [4.69, 9.17) is 22.1 Å². The van der Waals surface area contributed by atoms with Gasteiger partial charge in [0, 0.05) is 12.6 Å². The lowest BCUT2D eigenvalue weighted by Crippen LogP contribution is -2.23. The molecule has 0 saturated heterocycles. The van der Waals surface area contributed by atoms with Gasteiger partial charge in [-0.15, -0.1) is 0 Å². The molecule has 0 saturated carbocycles. The van der Waals surface area contributed by atoms with Crippen molar-refractivity contribution in [3.8, 4) is 5.75 Å². The number of benzene rings is 1. The molecular weight excluding hydrogens is 238 g/mol. The molecule has 0 radical (unpaired) electrons. The Morgan fingerprint density at radius 2 is 2.24 bits per heavy atom. The van der Waals surface area contributed by atoms with Gasteiger partial charge in [0.2, 0.25) is 0 Å². The standard InChI is InChI=1S/C12H18ClN3O/c1-8(2)7-15-12(14)16-11-6-9(17-3)4-5-10(11)13/h4-6,8H,7H2,1-3H3,(H3,14,15,16).